The van der Waals surface area contributed by atoms with Gasteiger partial charge in [0.1, 0.15) is 0 Å². The Morgan fingerprint density at radius 3 is 2.86 bits per heavy atom. The van der Waals surface area contributed by atoms with E-state index in [1.807, 2.05) is 6.08 Å². The van der Waals surface area contributed by atoms with E-state index >= 15 is 0 Å². The first kappa shape index (κ1) is 8.96. The van der Waals surface area contributed by atoms with Crippen molar-refractivity contribution in [2.75, 3.05) is 6.61 Å². The lowest BCUT2D eigenvalue weighted by Gasteiger charge is -2.15. The second-order valence-corrected chi connectivity index (χ2v) is 5.69. The lowest BCUT2D eigenvalue weighted by molar-refractivity contribution is 0.0450. The highest BCUT2D eigenvalue weighted by molar-refractivity contribution is 5.27. The first-order valence-electron chi connectivity index (χ1n) is 5.94. The topological polar surface area (TPSA) is 9.23 Å². The molecule has 14 heavy (non-hydrogen) atoms. The van der Waals surface area contributed by atoms with Gasteiger partial charge in [-0.3, -0.25) is 0 Å². The largest absolute Gasteiger partial charge is 0.374 e. The molecule has 4 fully saturated rings. The summed E-state index contributed by atoms with van der Waals surface area (Å²) in [6.45, 7) is 9.26. The van der Waals surface area contributed by atoms with Crippen LogP contribution in [0.2, 0.25) is 0 Å². The molecule has 0 aromatic carbocycles. The van der Waals surface area contributed by atoms with Crippen LogP contribution in [0, 0.1) is 29.1 Å². The Morgan fingerprint density at radius 1 is 1.57 bits per heavy atom. The molecule has 0 aromatic rings. The maximum atomic E-state index is 5.92. The molecule has 4 rings (SSSR count). The molecule has 0 radical (unpaired) electrons. The van der Waals surface area contributed by atoms with Crippen LogP contribution in [-0.2, 0) is 4.74 Å². The molecular weight excluding hydrogens is 172 g/mol. The molecule has 1 nitrogen and oxygen atoms in total. The molecule has 0 saturated heterocycles. The molecule has 0 heterocycles. The Bertz CT molecular complexity index is 270. The van der Waals surface area contributed by atoms with E-state index in [0.717, 1.165) is 30.3 Å². The fraction of sp³-hybridized carbons (Fsp3) is 0.846. The van der Waals surface area contributed by atoms with Gasteiger partial charge in [0.2, 0.25) is 0 Å². The summed E-state index contributed by atoms with van der Waals surface area (Å²) in [7, 11) is 0. The maximum absolute atomic E-state index is 5.92. The van der Waals surface area contributed by atoms with Gasteiger partial charge in [-0.25, -0.2) is 0 Å². The molecule has 0 N–H and O–H groups in total. The van der Waals surface area contributed by atoms with Gasteiger partial charge in [0.15, 0.2) is 0 Å². The summed E-state index contributed by atoms with van der Waals surface area (Å²) in [6.07, 6.45) is 5.36. The molecule has 5 unspecified atom stereocenters. The van der Waals surface area contributed by atoms with E-state index in [2.05, 4.69) is 20.4 Å². The lowest BCUT2D eigenvalue weighted by Crippen LogP contribution is -2.17. The summed E-state index contributed by atoms with van der Waals surface area (Å²) >= 11 is 0. The zero-order valence-corrected chi connectivity index (χ0v) is 9.20. The van der Waals surface area contributed by atoms with Gasteiger partial charge in [-0.05, 0) is 41.9 Å². The summed E-state index contributed by atoms with van der Waals surface area (Å²) in [5.41, 5.74) is 0.705. The highest BCUT2D eigenvalue weighted by atomic mass is 16.5. The van der Waals surface area contributed by atoms with Crippen molar-refractivity contribution in [1.29, 1.82) is 0 Å². The van der Waals surface area contributed by atoms with Crippen LogP contribution in [0.4, 0.5) is 0 Å². The van der Waals surface area contributed by atoms with Gasteiger partial charge in [-0.15, -0.1) is 6.58 Å². The predicted octanol–water partition coefficient (Wildman–Crippen LogP) is 2.87. The van der Waals surface area contributed by atoms with Crippen LogP contribution >= 0.6 is 0 Å². The van der Waals surface area contributed by atoms with E-state index in [0.29, 0.717) is 11.5 Å². The molecule has 0 amide bonds. The first-order valence-corrected chi connectivity index (χ1v) is 5.94. The molecule has 4 aliphatic rings. The van der Waals surface area contributed by atoms with Crippen LogP contribution in [0.5, 0.6) is 0 Å². The Hall–Kier alpha value is -0.300. The van der Waals surface area contributed by atoms with Crippen molar-refractivity contribution in [3.63, 3.8) is 0 Å². The standard InChI is InChI=1S/C13H20O/c1-4-5-14-12-9-6-10-11(12)13(10,7-9)8(2)3/h4,8-12H,1,5-7H2,2-3H3. The third-order valence-electron chi connectivity index (χ3n) is 5.11. The van der Waals surface area contributed by atoms with E-state index in [4.69, 9.17) is 4.74 Å². The molecule has 1 heteroatoms. The highest BCUT2D eigenvalue weighted by Crippen LogP contribution is 2.82. The van der Waals surface area contributed by atoms with E-state index < -0.39 is 0 Å². The third kappa shape index (κ3) is 0.809. The summed E-state index contributed by atoms with van der Waals surface area (Å²) < 4.78 is 5.92. The molecule has 0 aromatic heterocycles. The fourth-order valence-corrected chi connectivity index (χ4v) is 4.64. The van der Waals surface area contributed by atoms with Crippen molar-refractivity contribution in [3.05, 3.63) is 12.7 Å². The van der Waals surface area contributed by atoms with Crippen LogP contribution in [-0.4, -0.2) is 12.7 Å². The zero-order valence-electron chi connectivity index (χ0n) is 9.20. The number of rotatable bonds is 4. The van der Waals surface area contributed by atoms with Crippen molar-refractivity contribution < 1.29 is 4.74 Å². The van der Waals surface area contributed by atoms with E-state index in [1.54, 1.807) is 0 Å². The van der Waals surface area contributed by atoms with Crippen LogP contribution in [0.15, 0.2) is 12.7 Å². The minimum atomic E-state index is 0.584. The Balaban J connectivity index is 1.75. The van der Waals surface area contributed by atoms with Gasteiger partial charge in [-0.2, -0.15) is 0 Å². The average molecular weight is 192 g/mol. The number of hydrogen-bond acceptors (Lipinski definition) is 1. The second-order valence-electron chi connectivity index (χ2n) is 5.69. The Labute approximate surface area is 86.5 Å². The van der Waals surface area contributed by atoms with Crippen molar-refractivity contribution in [2.24, 2.45) is 29.1 Å². The SMILES string of the molecule is C=CCOC1C2CC3C1C3(C(C)C)C2. The van der Waals surface area contributed by atoms with Crippen LogP contribution < -0.4 is 0 Å². The normalized spacial score (nSPS) is 52.8. The quantitative estimate of drug-likeness (QED) is 0.622. The van der Waals surface area contributed by atoms with E-state index in [9.17, 15) is 0 Å². The van der Waals surface area contributed by atoms with Crippen LogP contribution in [0.1, 0.15) is 26.7 Å². The molecule has 4 bridgehead atoms. The number of ether oxygens (including phenoxy) is 1. The van der Waals surface area contributed by atoms with Gasteiger partial charge >= 0.3 is 0 Å². The van der Waals surface area contributed by atoms with Crippen molar-refractivity contribution >= 4 is 0 Å². The molecule has 4 aliphatic carbocycles. The molecule has 5 atom stereocenters. The minimum Gasteiger partial charge on any atom is -0.374 e. The molecular formula is C13H20O. The Kier molecular flexibility index (Phi) is 1.69. The lowest BCUT2D eigenvalue weighted by atomic mass is 9.90. The van der Waals surface area contributed by atoms with Crippen molar-refractivity contribution in [2.45, 2.75) is 32.8 Å². The van der Waals surface area contributed by atoms with E-state index in [-0.39, 0.29) is 0 Å². The predicted molar refractivity (Wildman–Crippen MR) is 56.9 cm³/mol. The highest BCUT2D eigenvalue weighted by Gasteiger charge is 2.79. The second kappa shape index (κ2) is 2.63. The molecule has 4 saturated carbocycles. The fourth-order valence-electron chi connectivity index (χ4n) is 4.64. The van der Waals surface area contributed by atoms with Gasteiger partial charge in [0, 0.05) is 0 Å². The van der Waals surface area contributed by atoms with Crippen LogP contribution in [0.25, 0.3) is 0 Å². The van der Waals surface area contributed by atoms with Crippen LogP contribution in [0.3, 0.4) is 0 Å². The summed E-state index contributed by atoms with van der Waals surface area (Å²) in [4.78, 5) is 0. The zero-order chi connectivity index (χ0) is 9.92. The molecule has 0 aliphatic heterocycles. The first-order chi connectivity index (χ1) is 6.71. The van der Waals surface area contributed by atoms with Gasteiger partial charge < -0.3 is 4.74 Å². The summed E-state index contributed by atoms with van der Waals surface area (Å²) in [5, 5.41) is 0. The smallest absolute Gasteiger partial charge is 0.0648 e. The summed E-state index contributed by atoms with van der Waals surface area (Å²) in [6, 6.07) is 0. The average Bonchev–Trinajstić information content (AvgIpc) is 2.58. The van der Waals surface area contributed by atoms with E-state index in [1.165, 1.54) is 12.8 Å². The van der Waals surface area contributed by atoms with Gasteiger partial charge in [-0.1, -0.05) is 19.9 Å². The van der Waals surface area contributed by atoms with Crippen molar-refractivity contribution in [1.82, 2.24) is 0 Å². The van der Waals surface area contributed by atoms with Gasteiger partial charge in [0.05, 0.1) is 12.7 Å². The minimum absolute atomic E-state index is 0.584. The number of hydrogen-bond donors (Lipinski definition) is 0. The molecule has 0 spiro atoms. The monoisotopic (exact) mass is 192 g/mol. The van der Waals surface area contributed by atoms with Gasteiger partial charge in [0.25, 0.3) is 0 Å². The Morgan fingerprint density at radius 2 is 2.36 bits per heavy atom. The molecule has 78 valence electrons. The summed E-state index contributed by atoms with van der Waals surface area (Å²) in [5.74, 6) is 3.67. The third-order valence-corrected chi connectivity index (χ3v) is 5.11. The van der Waals surface area contributed by atoms with Crippen molar-refractivity contribution in [3.8, 4) is 0 Å². The maximum Gasteiger partial charge on any atom is 0.0648 e.